The topological polar surface area (TPSA) is 64.0 Å². The third kappa shape index (κ3) is 4.51. The summed E-state index contributed by atoms with van der Waals surface area (Å²) in [7, 11) is 0. The molecule has 0 spiro atoms. The van der Waals surface area contributed by atoms with Crippen LogP contribution < -0.4 is 10.9 Å². The molecule has 0 saturated heterocycles. The van der Waals surface area contributed by atoms with Gasteiger partial charge >= 0.3 is 0 Å². The predicted octanol–water partition coefficient (Wildman–Crippen LogP) is 2.70. The molecular formula is C19H23N3O2S. The standard InChI is InChI=1S/C19H23N3O2S/c1-25-17-10-6-5-9-16(17)20-18(23)13-22-19(24)12-11-15(21-22)14-7-3-2-4-8-14/h2-4,7-8,11-12,16-17H,5-6,9-10,13H2,1H3,(H,20,23)/t16-,17-/m1/s1. The van der Waals surface area contributed by atoms with Crippen molar-refractivity contribution in [2.24, 2.45) is 0 Å². The van der Waals surface area contributed by atoms with Crippen molar-refractivity contribution in [3.8, 4) is 11.3 Å². The van der Waals surface area contributed by atoms with Crippen molar-refractivity contribution >= 4 is 17.7 Å². The van der Waals surface area contributed by atoms with Crippen molar-refractivity contribution in [2.45, 2.75) is 43.5 Å². The highest BCUT2D eigenvalue weighted by Crippen LogP contribution is 2.27. The number of nitrogens with zero attached hydrogens (tertiary/aromatic N) is 2. The van der Waals surface area contributed by atoms with Gasteiger partial charge in [-0.1, -0.05) is 43.2 Å². The molecule has 2 aromatic rings. The van der Waals surface area contributed by atoms with E-state index in [0.717, 1.165) is 24.8 Å². The molecule has 1 heterocycles. The van der Waals surface area contributed by atoms with Crippen LogP contribution in [0.15, 0.2) is 47.3 Å². The Morgan fingerprint density at radius 2 is 1.96 bits per heavy atom. The molecule has 3 rings (SSSR count). The number of rotatable bonds is 5. The van der Waals surface area contributed by atoms with Crippen LogP contribution in [0.4, 0.5) is 0 Å². The minimum atomic E-state index is -0.264. The van der Waals surface area contributed by atoms with E-state index in [9.17, 15) is 9.59 Å². The zero-order valence-corrected chi connectivity index (χ0v) is 15.2. The maximum atomic E-state index is 12.4. The van der Waals surface area contributed by atoms with E-state index in [4.69, 9.17) is 0 Å². The van der Waals surface area contributed by atoms with E-state index in [2.05, 4.69) is 16.7 Å². The second-order valence-corrected chi connectivity index (χ2v) is 7.39. The van der Waals surface area contributed by atoms with Crippen LogP contribution in [0.1, 0.15) is 25.7 Å². The van der Waals surface area contributed by atoms with Crippen molar-refractivity contribution in [3.63, 3.8) is 0 Å². The highest BCUT2D eigenvalue weighted by Gasteiger charge is 2.25. The van der Waals surface area contributed by atoms with Crippen LogP contribution in [0.25, 0.3) is 11.3 Å². The molecule has 1 N–H and O–H groups in total. The number of carbonyl (C=O) groups is 1. The average Bonchev–Trinajstić information content (AvgIpc) is 2.64. The van der Waals surface area contributed by atoms with Gasteiger partial charge in [-0.25, -0.2) is 4.68 Å². The number of hydrogen-bond donors (Lipinski definition) is 1. The molecule has 0 bridgehead atoms. The van der Waals surface area contributed by atoms with E-state index in [1.54, 1.807) is 17.8 Å². The zero-order chi connectivity index (χ0) is 17.6. The smallest absolute Gasteiger partial charge is 0.267 e. The fraction of sp³-hybridized carbons (Fsp3) is 0.421. The number of benzene rings is 1. The van der Waals surface area contributed by atoms with Crippen LogP contribution in [0, 0.1) is 0 Å². The van der Waals surface area contributed by atoms with Gasteiger partial charge in [-0.2, -0.15) is 16.9 Å². The molecule has 25 heavy (non-hydrogen) atoms. The molecule has 1 aromatic heterocycles. The fourth-order valence-corrected chi connectivity index (χ4v) is 4.19. The summed E-state index contributed by atoms with van der Waals surface area (Å²) < 4.78 is 1.24. The Hall–Kier alpha value is -2.08. The van der Waals surface area contributed by atoms with Crippen molar-refractivity contribution in [1.29, 1.82) is 0 Å². The largest absolute Gasteiger partial charge is 0.351 e. The van der Waals surface area contributed by atoms with Crippen LogP contribution in [-0.2, 0) is 11.3 Å². The maximum Gasteiger partial charge on any atom is 0.267 e. The molecule has 0 unspecified atom stereocenters. The molecule has 2 atom stereocenters. The monoisotopic (exact) mass is 357 g/mol. The molecule has 0 radical (unpaired) electrons. The Labute approximate surface area is 151 Å². The number of aromatic nitrogens is 2. The molecular weight excluding hydrogens is 334 g/mol. The van der Waals surface area contributed by atoms with Gasteiger partial charge in [0.1, 0.15) is 6.54 Å². The summed E-state index contributed by atoms with van der Waals surface area (Å²) >= 11 is 1.81. The molecule has 1 saturated carbocycles. The van der Waals surface area contributed by atoms with Crippen LogP contribution in [0.3, 0.4) is 0 Å². The Balaban J connectivity index is 1.71. The zero-order valence-electron chi connectivity index (χ0n) is 14.4. The molecule has 132 valence electrons. The van der Waals surface area contributed by atoms with Crippen molar-refractivity contribution < 1.29 is 4.79 Å². The summed E-state index contributed by atoms with van der Waals surface area (Å²) in [5, 5.41) is 7.90. The number of nitrogens with one attached hydrogen (secondary N) is 1. The Bertz CT molecular complexity index is 776. The third-order valence-corrected chi connectivity index (χ3v) is 5.75. The summed E-state index contributed by atoms with van der Waals surface area (Å²) in [6, 6.07) is 13.0. The van der Waals surface area contributed by atoms with Crippen LogP contribution in [-0.4, -0.2) is 33.2 Å². The molecule has 0 aliphatic heterocycles. The van der Waals surface area contributed by atoms with Gasteiger partial charge in [0.25, 0.3) is 5.56 Å². The van der Waals surface area contributed by atoms with Crippen LogP contribution in [0.5, 0.6) is 0 Å². The molecule has 1 aliphatic rings. The first-order chi connectivity index (χ1) is 12.2. The molecule has 1 aliphatic carbocycles. The minimum Gasteiger partial charge on any atom is -0.351 e. The van der Waals surface area contributed by atoms with Gasteiger partial charge in [0.15, 0.2) is 0 Å². The summed E-state index contributed by atoms with van der Waals surface area (Å²) in [5.74, 6) is -0.147. The van der Waals surface area contributed by atoms with Crippen LogP contribution >= 0.6 is 11.8 Å². The van der Waals surface area contributed by atoms with E-state index < -0.39 is 0 Å². The van der Waals surface area contributed by atoms with Crippen molar-refractivity contribution in [1.82, 2.24) is 15.1 Å². The SMILES string of the molecule is CS[C@@H]1CCCC[C@H]1NC(=O)Cn1nc(-c2ccccc2)ccc1=O. The van der Waals surface area contributed by atoms with Crippen LogP contribution in [0.2, 0.25) is 0 Å². The predicted molar refractivity (Wildman–Crippen MR) is 102 cm³/mol. The summed E-state index contributed by atoms with van der Waals surface area (Å²) in [4.78, 5) is 24.5. The average molecular weight is 357 g/mol. The quantitative estimate of drug-likeness (QED) is 0.894. The van der Waals surface area contributed by atoms with Crippen molar-refractivity contribution in [3.05, 3.63) is 52.8 Å². The number of amides is 1. The van der Waals surface area contributed by atoms with Gasteiger partial charge in [0.2, 0.25) is 5.91 Å². The van der Waals surface area contributed by atoms with E-state index in [1.165, 1.54) is 17.2 Å². The maximum absolute atomic E-state index is 12.4. The van der Waals surface area contributed by atoms with Gasteiger partial charge in [0, 0.05) is 22.9 Å². The first kappa shape index (κ1) is 17.7. The highest BCUT2D eigenvalue weighted by molar-refractivity contribution is 7.99. The van der Waals surface area contributed by atoms with E-state index in [-0.39, 0.29) is 24.1 Å². The van der Waals surface area contributed by atoms with E-state index in [0.29, 0.717) is 10.9 Å². The fourth-order valence-electron chi connectivity index (χ4n) is 3.26. The third-order valence-electron chi connectivity index (χ3n) is 4.58. The first-order valence-corrected chi connectivity index (χ1v) is 9.92. The highest BCUT2D eigenvalue weighted by atomic mass is 32.2. The lowest BCUT2D eigenvalue weighted by molar-refractivity contribution is -0.122. The summed E-state index contributed by atoms with van der Waals surface area (Å²) in [6.07, 6.45) is 6.59. The van der Waals surface area contributed by atoms with Crippen molar-refractivity contribution in [2.75, 3.05) is 6.26 Å². The second kappa shape index (κ2) is 8.34. The van der Waals surface area contributed by atoms with Gasteiger partial charge in [-0.05, 0) is 25.2 Å². The lowest BCUT2D eigenvalue weighted by atomic mass is 9.95. The molecule has 1 fully saturated rings. The number of thioether (sulfide) groups is 1. The Morgan fingerprint density at radius 1 is 1.20 bits per heavy atom. The number of carbonyl (C=O) groups excluding carboxylic acids is 1. The second-order valence-electron chi connectivity index (χ2n) is 6.31. The lowest BCUT2D eigenvalue weighted by Gasteiger charge is -2.30. The molecule has 6 heteroatoms. The van der Waals surface area contributed by atoms with Gasteiger partial charge < -0.3 is 5.32 Å². The first-order valence-electron chi connectivity index (χ1n) is 8.63. The van der Waals surface area contributed by atoms with E-state index >= 15 is 0 Å². The van der Waals surface area contributed by atoms with Gasteiger partial charge in [-0.15, -0.1) is 0 Å². The summed E-state index contributed by atoms with van der Waals surface area (Å²) in [5.41, 5.74) is 1.35. The molecule has 1 amide bonds. The normalized spacial score (nSPS) is 20.2. The Kier molecular flexibility index (Phi) is 5.91. The number of hydrogen-bond acceptors (Lipinski definition) is 4. The Morgan fingerprint density at radius 3 is 2.72 bits per heavy atom. The van der Waals surface area contributed by atoms with Gasteiger partial charge in [0.05, 0.1) is 5.69 Å². The minimum absolute atomic E-state index is 0.0445. The summed E-state index contributed by atoms with van der Waals surface area (Å²) in [6.45, 7) is -0.0445. The molecule has 1 aromatic carbocycles. The molecule has 5 nitrogen and oxygen atoms in total. The van der Waals surface area contributed by atoms with Gasteiger partial charge in [-0.3, -0.25) is 9.59 Å². The lowest BCUT2D eigenvalue weighted by Crippen LogP contribution is -2.45. The van der Waals surface area contributed by atoms with E-state index in [1.807, 2.05) is 30.3 Å².